The fraction of sp³-hybridized carbons (Fsp3) is 0.333. The van der Waals surface area contributed by atoms with Crippen LogP contribution in [0.4, 0.5) is 5.69 Å². The first kappa shape index (κ1) is 13.5. The van der Waals surface area contributed by atoms with Crippen molar-refractivity contribution in [2.75, 3.05) is 11.9 Å². The van der Waals surface area contributed by atoms with Crippen molar-refractivity contribution < 1.29 is 4.79 Å². The molecule has 1 atom stereocenters. The van der Waals surface area contributed by atoms with Crippen LogP contribution in [0.25, 0.3) is 0 Å². The van der Waals surface area contributed by atoms with Gasteiger partial charge in [0.15, 0.2) is 0 Å². The normalized spacial score (nSPS) is 11.6. The molecule has 0 aliphatic heterocycles. The van der Waals surface area contributed by atoms with Crippen molar-refractivity contribution in [2.45, 2.75) is 13.3 Å². The van der Waals surface area contributed by atoms with Gasteiger partial charge in [0.05, 0.1) is 10.6 Å². The Balaban J connectivity index is 2.76. The van der Waals surface area contributed by atoms with Gasteiger partial charge in [-0.05, 0) is 31.2 Å². The topological polar surface area (TPSA) is 78.9 Å². The molecule has 0 heterocycles. The molecule has 1 aromatic rings. The Morgan fingerprint density at radius 1 is 1.65 bits per heavy atom. The summed E-state index contributed by atoms with van der Waals surface area (Å²) in [6.45, 7) is 2.28. The molecule has 1 amide bonds. The summed E-state index contributed by atoms with van der Waals surface area (Å²) in [6.07, 6.45) is 0.629. The van der Waals surface area contributed by atoms with Crippen molar-refractivity contribution in [3.8, 4) is 6.07 Å². The molecule has 0 aromatic heterocycles. The van der Waals surface area contributed by atoms with Gasteiger partial charge >= 0.3 is 0 Å². The maximum Gasteiger partial charge on any atom is 0.227 e. The van der Waals surface area contributed by atoms with Crippen LogP contribution in [-0.2, 0) is 4.79 Å². The first-order valence-electron chi connectivity index (χ1n) is 5.29. The molecule has 4 nitrogen and oxygen atoms in total. The highest BCUT2D eigenvalue weighted by Crippen LogP contribution is 2.20. The van der Waals surface area contributed by atoms with Gasteiger partial charge in [0.25, 0.3) is 0 Å². The fourth-order valence-electron chi connectivity index (χ4n) is 1.34. The van der Waals surface area contributed by atoms with Crippen LogP contribution in [0.15, 0.2) is 18.2 Å². The lowest BCUT2D eigenvalue weighted by Crippen LogP contribution is -2.22. The quantitative estimate of drug-likeness (QED) is 0.860. The number of carbonyl (C=O) groups excluding carboxylic acids is 1. The molecule has 0 bridgehead atoms. The van der Waals surface area contributed by atoms with Crippen molar-refractivity contribution >= 4 is 23.2 Å². The van der Waals surface area contributed by atoms with Gasteiger partial charge in [0.1, 0.15) is 6.07 Å². The number of amides is 1. The second-order valence-electron chi connectivity index (χ2n) is 3.77. The Morgan fingerprint density at radius 2 is 2.35 bits per heavy atom. The minimum atomic E-state index is -0.152. The van der Waals surface area contributed by atoms with Crippen molar-refractivity contribution in [1.82, 2.24) is 0 Å². The summed E-state index contributed by atoms with van der Waals surface area (Å²) in [5.74, 6) is -0.261. The molecule has 0 fully saturated rings. The standard InChI is InChI=1S/C12H14ClN3O/c1-8(4-5-14)12(17)16-10-2-3-11(13)9(6-10)7-15/h2-3,6,8H,4-5,14H2,1H3,(H,16,17). The zero-order valence-electron chi connectivity index (χ0n) is 9.53. The molecule has 0 aliphatic carbocycles. The minimum absolute atomic E-state index is 0.110. The van der Waals surface area contributed by atoms with Crippen molar-refractivity contribution in [3.05, 3.63) is 28.8 Å². The molecule has 1 aromatic carbocycles. The lowest BCUT2D eigenvalue weighted by atomic mass is 10.1. The second kappa shape index (κ2) is 6.24. The smallest absolute Gasteiger partial charge is 0.227 e. The molecular formula is C12H14ClN3O. The number of hydrogen-bond donors (Lipinski definition) is 2. The molecule has 0 saturated heterocycles. The zero-order chi connectivity index (χ0) is 12.8. The number of nitrogens with one attached hydrogen (secondary N) is 1. The Bertz CT molecular complexity index is 454. The Hall–Kier alpha value is -1.57. The number of nitriles is 1. The van der Waals surface area contributed by atoms with Gasteiger partial charge in [-0.25, -0.2) is 0 Å². The number of anilines is 1. The number of carbonyl (C=O) groups is 1. The van der Waals surface area contributed by atoms with E-state index >= 15 is 0 Å². The van der Waals surface area contributed by atoms with Crippen LogP contribution in [0, 0.1) is 17.2 Å². The van der Waals surface area contributed by atoms with E-state index in [1.165, 1.54) is 0 Å². The van der Waals surface area contributed by atoms with E-state index < -0.39 is 0 Å². The van der Waals surface area contributed by atoms with Crippen molar-refractivity contribution in [1.29, 1.82) is 5.26 Å². The molecule has 0 spiro atoms. The van der Waals surface area contributed by atoms with Gasteiger partial charge < -0.3 is 11.1 Å². The number of halogens is 1. The van der Waals surface area contributed by atoms with E-state index in [0.29, 0.717) is 29.2 Å². The number of nitrogens with two attached hydrogens (primary N) is 1. The van der Waals surface area contributed by atoms with Crippen molar-refractivity contribution in [2.24, 2.45) is 11.7 Å². The Morgan fingerprint density at radius 3 is 2.94 bits per heavy atom. The van der Waals surface area contributed by atoms with Gasteiger partial charge in [-0.15, -0.1) is 0 Å². The van der Waals surface area contributed by atoms with Crippen LogP contribution in [-0.4, -0.2) is 12.5 Å². The van der Waals surface area contributed by atoms with Crippen LogP contribution in [0.2, 0.25) is 5.02 Å². The molecule has 17 heavy (non-hydrogen) atoms. The predicted molar refractivity (Wildman–Crippen MR) is 67.6 cm³/mol. The average Bonchev–Trinajstić information content (AvgIpc) is 2.31. The van der Waals surface area contributed by atoms with E-state index in [-0.39, 0.29) is 11.8 Å². The third-order valence-electron chi connectivity index (χ3n) is 2.40. The number of nitrogens with zero attached hydrogens (tertiary/aromatic N) is 1. The maximum absolute atomic E-state index is 11.7. The third-order valence-corrected chi connectivity index (χ3v) is 2.73. The first-order valence-corrected chi connectivity index (χ1v) is 5.67. The van der Waals surface area contributed by atoms with Crippen LogP contribution in [0.3, 0.4) is 0 Å². The van der Waals surface area contributed by atoms with Crippen LogP contribution >= 0.6 is 11.6 Å². The highest BCUT2D eigenvalue weighted by atomic mass is 35.5. The predicted octanol–water partition coefficient (Wildman–Crippen LogP) is 2.14. The zero-order valence-corrected chi connectivity index (χ0v) is 10.3. The minimum Gasteiger partial charge on any atom is -0.330 e. The van der Waals surface area contributed by atoms with E-state index in [9.17, 15) is 4.79 Å². The molecule has 1 unspecified atom stereocenters. The summed E-state index contributed by atoms with van der Waals surface area (Å²) >= 11 is 5.79. The SMILES string of the molecule is CC(CCN)C(=O)Nc1ccc(Cl)c(C#N)c1. The van der Waals surface area contributed by atoms with Gasteiger partial charge in [0, 0.05) is 11.6 Å². The highest BCUT2D eigenvalue weighted by molar-refractivity contribution is 6.31. The summed E-state index contributed by atoms with van der Waals surface area (Å²) in [5.41, 5.74) is 6.30. The first-order chi connectivity index (χ1) is 8.08. The lowest BCUT2D eigenvalue weighted by molar-refractivity contribution is -0.119. The van der Waals surface area contributed by atoms with Crippen molar-refractivity contribution in [3.63, 3.8) is 0 Å². The molecule has 5 heteroatoms. The largest absolute Gasteiger partial charge is 0.330 e. The van der Waals surface area contributed by atoms with E-state index in [4.69, 9.17) is 22.6 Å². The molecule has 3 N–H and O–H groups in total. The van der Waals surface area contributed by atoms with Gasteiger partial charge in [-0.1, -0.05) is 18.5 Å². The highest BCUT2D eigenvalue weighted by Gasteiger charge is 2.12. The van der Waals surface area contributed by atoms with Crippen LogP contribution in [0.5, 0.6) is 0 Å². The van der Waals surface area contributed by atoms with E-state index in [0.717, 1.165) is 0 Å². The summed E-state index contributed by atoms with van der Waals surface area (Å²) in [5, 5.41) is 11.9. The Kier molecular flexibility index (Phi) is 4.95. The average molecular weight is 252 g/mol. The van der Waals surface area contributed by atoms with Crippen LogP contribution in [0.1, 0.15) is 18.9 Å². The van der Waals surface area contributed by atoms with Gasteiger partial charge in [0.2, 0.25) is 5.91 Å². The molecule has 0 aliphatic rings. The molecule has 90 valence electrons. The number of rotatable bonds is 4. The number of benzene rings is 1. The summed E-state index contributed by atoms with van der Waals surface area (Å²) < 4.78 is 0. The fourth-order valence-corrected chi connectivity index (χ4v) is 1.50. The molecular weight excluding hydrogens is 238 g/mol. The number of hydrogen-bond acceptors (Lipinski definition) is 3. The Labute approximate surface area is 105 Å². The molecule has 0 radical (unpaired) electrons. The van der Waals surface area contributed by atoms with E-state index in [1.807, 2.05) is 13.0 Å². The van der Waals surface area contributed by atoms with E-state index in [2.05, 4.69) is 5.32 Å². The maximum atomic E-state index is 11.7. The summed E-state index contributed by atoms with van der Waals surface area (Å²) in [7, 11) is 0. The van der Waals surface area contributed by atoms with Crippen LogP contribution < -0.4 is 11.1 Å². The van der Waals surface area contributed by atoms with Gasteiger partial charge in [-0.2, -0.15) is 5.26 Å². The summed E-state index contributed by atoms with van der Waals surface area (Å²) in [4.78, 5) is 11.7. The lowest BCUT2D eigenvalue weighted by Gasteiger charge is -2.11. The van der Waals surface area contributed by atoms with Gasteiger partial charge in [-0.3, -0.25) is 4.79 Å². The third kappa shape index (κ3) is 3.74. The molecule has 1 rings (SSSR count). The van der Waals surface area contributed by atoms with E-state index in [1.54, 1.807) is 18.2 Å². The molecule has 0 saturated carbocycles. The summed E-state index contributed by atoms with van der Waals surface area (Å²) in [6, 6.07) is 6.76. The second-order valence-corrected chi connectivity index (χ2v) is 4.18. The monoisotopic (exact) mass is 251 g/mol.